The zero-order valence-corrected chi connectivity index (χ0v) is 10.4. The number of carbonyl (C=O) groups excluding carboxylic acids is 1. The lowest BCUT2D eigenvalue weighted by molar-refractivity contribution is -0.116. The van der Waals surface area contributed by atoms with Crippen LogP contribution in [0, 0.1) is 0 Å². The first-order valence-corrected chi connectivity index (χ1v) is 5.99. The highest BCUT2D eigenvalue weighted by atomic mass is 16.2. The Morgan fingerprint density at radius 1 is 1.59 bits per heavy atom. The van der Waals surface area contributed by atoms with Gasteiger partial charge in [0.05, 0.1) is 0 Å². The van der Waals surface area contributed by atoms with Gasteiger partial charge in [-0.05, 0) is 37.1 Å². The normalized spacial score (nSPS) is 15.6. The molecular formula is C13H19N3O. The van der Waals surface area contributed by atoms with E-state index in [-0.39, 0.29) is 11.9 Å². The number of benzene rings is 1. The van der Waals surface area contributed by atoms with Crippen molar-refractivity contribution >= 4 is 17.3 Å². The van der Waals surface area contributed by atoms with Gasteiger partial charge in [-0.1, -0.05) is 0 Å². The zero-order chi connectivity index (χ0) is 12.4. The van der Waals surface area contributed by atoms with Gasteiger partial charge in [0, 0.05) is 37.4 Å². The fourth-order valence-corrected chi connectivity index (χ4v) is 2.16. The molecule has 0 radical (unpaired) electrons. The molecule has 2 rings (SSSR count). The van der Waals surface area contributed by atoms with E-state index < -0.39 is 0 Å². The first-order valence-electron chi connectivity index (χ1n) is 5.99. The van der Waals surface area contributed by atoms with Crippen molar-refractivity contribution in [1.29, 1.82) is 0 Å². The summed E-state index contributed by atoms with van der Waals surface area (Å²) < 4.78 is 0. The Hall–Kier alpha value is -1.55. The summed E-state index contributed by atoms with van der Waals surface area (Å²) in [4.78, 5) is 13.2. The molecule has 0 fully saturated rings. The van der Waals surface area contributed by atoms with Crippen LogP contribution in [0.15, 0.2) is 18.2 Å². The maximum absolute atomic E-state index is 11.4. The monoisotopic (exact) mass is 233 g/mol. The Kier molecular flexibility index (Phi) is 3.33. The molecule has 3 N–H and O–H groups in total. The van der Waals surface area contributed by atoms with Gasteiger partial charge in [-0.2, -0.15) is 0 Å². The number of hydrogen-bond acceptors (Lipinski definition) is 3. The number of hydrogen-bond donors (Lipinski definition) is 2. The lowest BCUT2D eigenvalue weighted by Crippen LogP contribution is -2.26. The highest BCUT2D eigenvalue weighted by Crippen LogP contribution is 2.30. The topological polar surface area (TPSA) is 58.4 Å². The van der Waals surface area contributed by atoms with E-state index in [0.717, 1.165) is 24.3 Å². The van der Waals surface area contributed by atoms with Gasteiger partial charge >= 0.3 is 0 Å². The third-order valence-electron chi connectivity index (χ3n) is 3.12. The van der Waals surface area contributed by atoms with E-state index in [2.05, 4.69) is 18.3 Å². The van der Waals surface area contributed by atoms with Gasteiger partial charge in [-0.15, -0.1) is 0 Å². The van der Waals surface area contributed by atoms with Crippen molar-refractivity contribution < 1.29 is 4.79 Å². The van der Waals surface area contributed by atoms with E-state index >= 15 is 0 Å². The minimum absolute atomic E-state index is 0.111. The molecule has 0 aromatic heterocycles. The number of carbonyl (C=O) groups is 1. The molecule has 1 aliphatic rings. The number of anilines is 2. The van der Waals surface area contributed by atoms with Gasteiger partial charge < -0.3 is 16.0 Å². The smallest absolute Gasteiger partial charge is 0.223 e. The highest BCUT2D eigenvalue weighted by Gasteiger charge is 2.22. The molecule has 0 spiro atoms. The van der Waals surface area contributed by atoms with Gasteiger partial charge in [0.15, 0.2) is 0 Å². The third-order valence-corrected chi connectivity index (χ3v) is 3.12. The van der Waals surface area contributed by atoms with Crippen LogP contribution in [0.1, 0.15) is 19.4 Å². The Labute approximate surface area is 102 Å². The second kappa shape index (κ2) is 4.75. The van der Waals surface area contributed by atoms with E-state index in [1.807, 2.05) is 17.0 Å². The summed E-state index contributed by atoms with van der Waals surface area (Å²) in [6, 6.07) is 6.39. The second-order valence-electron chi connectivity index (χ2n) is 4.55. The molecule has 0 aliphatic carbocycles. The predicted octanol–water partition coefficient (Wildman–Crippen LogP) is 1.35. The number of rotatable bonds is 3. The Morgan fingerprint density at radius 3 is 3.00 bits per heavy atom. The quantitative estimate of drug-likeness (QED) is 0.828. The number of nitrogens with zero attached hydrogens (tertiary/aromatic N) is 1. The molecule has 17 heavy (non-hydrogen) atoms. The second-order valence-corrected chi connectivity index (χ2v) is 4.55. The van der Waals surface area contributed by atoms with Gasteiger partial charge in [0.2, 0.25) is 5.91 Å². The third kappa shape index (κ3) is 2.42. The molecule has 0 bridgehead atoms. The summed E-state index contributed by atoms with van der Waals surface area (Å²) in [6.45, 7) is 5.06. The van der Waals surface area contributed by atoms with Crippen molar-refractivity contribution in [2.45, 2.75) is 26.3 Å². The van der Waals surface area contributed by atoms with Crippen molar-refractivity contribution in [3.63, 3.8) is 0 Å². The molecule has 0 saturated carbocycles. The average Bonchev–Trinajstić information content (AvgIpc) is 2.71. The maximum atomic E-state index is 11.4. The van der Waals surface area contributed by atoms with Crippen LogP contribution < -0.4 is 16.0 Å². The first-order chi connectivity index (χ1) is 8.11. The zero-order valence-electron chi connectivity index (χ0n) is 10.4. The van der Waals surface area contributed by atoms with Gasteiger partial charge in [0.25, 0.3) is 0 Å². The molecule has 92 valence electrons. The van der Waals surface area contributed by atoms with Crippen LogP contribution in [0.25, 0.3) is 0 Å². The summed E-state index contributed by atoms with van der Waals surface area (Å²) in [7, 11) is 0. The number of fused-ring (bicyclic) bond motifs is 1. The van der Waals surface area contributed by atoms with E-state index in [4.69, 9.17) is 5.73 Å². The molecule has 4 nitrogen and oxygen atoms in total. The van der Waals surface area contributed by atoms with Crippen LogP contribution in [-0.4, -0.2) is 25.0 Å². The predicted molar refractivity (Wildman–Crippen MR) is 70.3 cm³/mol. The lowest BCUT2D eigenvalue weighted by atomic mass is 10.1. The number of nitrogens with one attached hydrogen (secondary N) is 1. The largest absolute Gasteiger partial charge is 0.381 e. The summed E-state index contributed by atoms with van der Waals surface area (Å²) >= 11 is 0. The van der Waals surface area contributed by atoms with E-state index in [0.29, 0.717) is 6.54 Å². The maximum Gasteiger partial charge on any atom is 0.223 e. The fraction of sp³-hybridized carbons (Fsp3) is 0.462. The number of nitrogens with two attached hydrogens (primary N) is 1. The minimum atomic E-state index is 0.111. The van der Waals surface area contributed by atoms with Crippen molar-refractivity contribution in [3.8, 4) is 0 Å². The molecule has 1 aromatic carbocycles. The Bertz CT molecular complexity index is 431. The summed E-state index contributed by atoms with van der Waals surface area (Å²) in [6.07, 6.45) is 0.932. The fourth-order valence-electron chi connectivity index (χ4n) is 2.16. The van der Waals surface area contributed by atoms with E-state index in [1.165, 1.54) is 5.56 Å². The van der Waals surface area contributed by atoms with Crippen LogP contribution in [0.5, 0.6) is 0 Å². The molecule has 1 aromatic rings. The van der Waals surface area contributed by atoms with Gasteiger partial charge in [-0.3, -0.25) is 4.79 Å². The molecule has 1 amide bonds. The molecule has 1 unspecified atom stereocenters. The highest BCUT2D eigenvalue weighted by molar-refractivity contribution is 5.94. The van der Waals surface area contributed by atoms with Crippen LogP contribution in [0.3, 0.4) is 0 Å². The van der Waals surface area contributed by atoms with Crippen LogP contribution in [0.4, 0.5) is 11.4 Å². The lowest BCUT2D eigenvalue weighted by Gasteiger charge is -2.16. The van der Waals surface area contributed by atoms with Crippen LogP contribution in [-0.2, 0) is 11.2 Å². The summed E-state index contributed by atoms with van der Waals surface area (Å²) in [5, 5.41) is 3.34. The molecule has 1 heterocycles. The molecule has 1 aliphatic heterocycles. The molecular weight excluding hydrogens is 214 g/mol. The van der Waals surface area contributed by atoms with E-state index in [9.17, 15) is 4.79 Å². The van der Waals surface area contributed by atoms with Crippen LogP contribution in [0.2, 0.25) is 0 Å². The number of amides is 1. The van der Waals surface area contributed by atoms with Gasteiger partial charge in [-0.25, -0.2) is 0 Å². The Balaban J connectivity index is 2.19. The van der Waals surface area contributed by atoms with Crippen molar-refractivity contribution in [2.75, 3.05) is 23.3 Å². The average molecular weight is 233 g/mol. The standard InChI is InChI=1S/C13H19N3O/c1-9(8-14)15-12-3-4-13-11(7-12)5-6-16(13)10(2)17/h3-4,7,9,15H,5-6,8,14H2,1-2H3. The van der Waals surface area contributed by atoms with Gasteiger partial charge in [0.1, 0.15) is 0 Å². The first kappa shape index (κ1) is 11.9. The van der Waals surface area contributed by atoms with Crippen molar-refractivity contribution in [2.24, 2.45) is 5.73 Å². The molecule has 0 saturated heterocycles. The molecule has 4 heteroatoms. The molecule has 1 atom stereocenters. The SMILES string of the molecule is CC(=O)N1CCc2cc(NC(C)CN)ccc21. The van der Waals surface area contributed by atoms with Crippen molar-refractivity contribution in [1.82, 2.24) is 0 Å². The van der Waals surface area contributed by atoms with Crippen LogP contribution >= 0.6 is 0 Å². The minimum Gasteiger partial charge on any atom is -0.381 e. The summed E-state index contributed by atoms with van der Waals surface area (Å²) in [5.41, 5.74) is 8.93. The Morgan fingerprint density at radius 2 is 2.35 bits per heavy atom. The van der Waals surface area contributed by atoms with Crippen molar-refractivity contribution in [3.05, 3.63) is 23.8 Å². The van der Waals surface area contributed by atoms with E-state index in [1.54, 1.807) is 6.92 Å². The summed E-state index contributed by atoms with van der Waals surface area (Å²) in [5.74, 6) is 0.111.